The van der Waals surface area contributed by atoms with E-state index in [9.17, 15) is 8.42 Å². The first-order valence-electron chi connectivity index (χ1n) is 5.90. The number of pyridine rings is 1. The van der Waals surface area contributed by atoms with Crippen LogP contribution in [0, 0.1) is 0 Å². The third-order valence-electron chi connectivity index (χ3n) is 2.58. The number of anilines is 1. The van der Waals surface area contributed by atoms with E-state index >= 15 is 0 Å². The smallest absolute Gasteiger partial charge is 0.263 e. The first kappa shape index (κ1) is 14.8. The molecule has 0 spiro atoms. The quantitative estimate of drug-likeness (QED) is 0.888. The first-order chi connectivity index (χ1) is 9.53. The molecule has 0 saturated heterocycles. The summed E-state index contributed by atoms with van der Waals surface area (Å²) in [6.07, 6.45) is 1.47. The fraction of sp³-hybridized carbons (Fsp3) is 0.154. The molecule has 0 radical (unpaired) electrons. The number of nitrogens with one attached hydrogen (secondary N) is 2. The van der Waals surface area contributed by atoms with Gasteiger partial charge in [0.1, 0.15) is 0 Å². The van der Waals surface area contributed by atoms with Gasteiger partial charge in [-0.25, -0.2) is 13.4 Å². The van der Waals surface area contributed by atoms with E-state index in [2.05, 4.69) is 15.0 Å². The Hall–Kier alpha value is -1.63. The Bertz CT molecular complexity index is 704. The van der Waals surface area contributed by atoms with E-state index in [0.717, 1.165) is 5.56 Å². The number of hydrogen-bond donors (Lipinski definition) is 2. The predicted molar refractivity (Wildman–Crippen MR) is 79.3 cm³/mol. The zero-order chi connectivity index (χ0) is 14.6. The minimum absolute atomic E-state index is 0.119. The van der Waals surface area contributed by atoms with Gasteiger partial charge in [-0.15, -0.1) is 0 Å². The van der Waals surface area contributed by atoms with Crippen molar-refractivity contribution in [2.75, 3.05) is 11.8 Å². The van der Waals surface area contributed by atoms with Gasteiger partial charge in [-0.05, 0) is 36.9 Å². The maximum absolute atomic E-state index is 12.3. The van der Waals surface area contributed by atoms with Gasteiger partial charge in [0.15, 0.2) is 5.82 Å². The predicted octanol–water partition coefficient (Wildman–Crippen LogP) is 2.26. The largest absolute Gasteiger partial charge is 0.316 e. The van der Waals surface area contributed by atoms with Crippen molar-refractivity contribution in [3.8, 4) is 0 Å². The molecule has 1 heterocycles. The van der Waals surface area contributed by atoms with Crippen molar-refractivity contribution in [3.05, 3.63) is 53.2 Å². The highest BCUT2D eigenvalue weighted by molar-refractivity contribution is 7.92. The van der Waals surface area contributed by atoms with E-state index in [-0.39, 0.29) is 15.7 Å². The van der Waals surface area contributed by atoms with Crippen LogP contribution in [-0.2, 0) is 16.6 Å². The molecule has 20 heavy (non-hydrogen) atoms. The van der Waals surface area contributed by atoms with Gasteiger partial charge in [0.05, 0.1) is 9.92 Å². The molecule has 0 saturated carbocycles. The van der Waals surface area contributed by atoms with Crippen molar-refractivity contribution >= 4 is 27.4 Å². The number of benzene rings is 1. The molecule has 1 aromatic heterocycles. The van der Waals surface area contributed by atoms with Crippen molar-refractivity contribution < 1.29 is 8.42 Å². The van der Waals surface area contributed by atoms with Gasteiger partial charge in [0.25, 0.3) is 10.0 Å². The molecule has 0 aliphatic rings. The molecule has 5 nitrogen and oxygen atoms in total. The van der Waals surface area contributed by atoms with Crippen LogP contribution in [0.3, 0.4) is 0 Å². The Morgan fingerprint density at radius 3 is 2.75 bits per heavy atom. The van der Waals surface area contributed by atoms with Crippen LogP contribution in [0.4, 0.5) is 5.82 Å². The molecule has 0 aliphatic heterocycles. The Morgan fingerprint density at radius 1 is 1.25 bits per heavy atom. The molecular weight excluding hydrogens is 298 g/mol. The van der Waals surface area contributed by atoms with Gasteiger partial charge in [0.2, 0.25) is 0 Å². The highest BCUT2D eigenvalue weighted by Crippen LogP contribution is 2.21. The van der Waals surface area contributed by atoms with Gasteiger partial charge in [0, 0.05) is 12.7 Å². The van der Waals surface area contributed by atoms with E-state index in [0.29, 0.717) is 6.54 Å². The topological polar surface area (TPSA) is 71.1 Å². The lowest BCUT2D eigenvalue weighted by atomic mass is 10.2. The number of sulfonamides is 1. The van der Waals surface area contributed by atoms with E-state index < -0.39 is 10.0 Å². The van der Waals surface area contributed by atoms with E-state index in [1.807, 2.05) is 6.07 Å². The number of aromatic nitrogens is 1. The first-order valence-corrected chi connectivity index (χ1v) is 7.76. The average Bonchev–Trinajstić information content (AvgIpc) is 2.42. The third-order valence-corrected chi connectivity index (χ3v) is 4.22. The number of nitrogens with zero attached hydrogens (tertiary/aromatic N) is 1. The maximum atomic E-state index is 12.3. The molecule has 2 N–H and O–H groups in total. The van der Waals surface area contributed by atoms with Gasteiger partial charge >= 0.3 is 0 Å². The van der Waals surface area contributed by atoms with Crippen LogP contribution < -0.4 is 10.0 Å². The van der Waals surface area contributed by atoms with Crippen LogP contribution in [0.2, 0.25) is 5.02 Å². The summed E-state index contributed by atoms with van der Waals surface area (Å²) in [5, 5.41) is 3.23. The van der Waals surface area contributed by atoms with Gasteiger partial charge in [-0.1, -0.05) is 23.7 Å². The summed E-state index contributed by atoms with van der Waals surface area (Å²) in [7, 11) is -1.90. The monoisotopic (exact) mass is 311 g/mol. The highest BCUT2D eigenvalue weighted by atomic mass is 35.5. The minimum Gasteiger partial charge on any atom is -0.316 e. The van der Waals surface area contributed by atoms with E-state index in [1.165, 1.54) is 12.3 Å². The van der Waals surface area contributed by atoms with Gasteiger partial charge in [-0.2, -0.15) is 0 Å². The second kappa shape index (κ2) is 6.21. The summed E-state index contributed by atoms with van der Waals surface area (Å²) in [6, 6.07) is 9.88. The number of hydrogen-bond acceptors (Lipinski definition) is 4. The van der Waals surface area contributed by atoms with Crippen LogP contribution in [-0.4, -0.2) is 20.4 Å². The zero-order valence-corrected chi connectivity index (χ0v) is 12.4. The molecule has 0 bridgehead atoms. The fourth-order valence-corrected chi connectivity index (χ4v) is 3.00. The lowest BCUT2D eigenvalue weighted by Crippen LogP contribution is -2.15. The molecule has 2 aromatic rings. The Kier molecular flexibility index (Phi) is 4.59. The van der Waals surface area contributed by atoms with Crippen LogP contribution in [0.5, 0.6) is 0 Å². The van der Waals surface area contributed by atoms with Gasteiger partial charge < -0.3 is 5.32 Å². The van der Waals surface area contributed by atoms with Gasteiger partial charge in [-0.3, -0.25) is 4.72 Å². The summed E-state index contributed by atoms with van der Waals surface area (Å²) in [5.41, 5.74) is 0.877. The molecule has 2 rings (SSSR count). The Labute approximate surface area is 123 Å². The molecule has 0 atom stereocenters. The maximum Gasteiger partial charge on any atom is 0.263 e. The molecule has 106 valence electrons. The lowest BCUT2D eigenvalue weighted by molar-refractivity contribution is 0.601. The van der Waals surface area contributed by atoms with E-state index in [1.54, 1.807) is 31.3 Å². The summed E-state index contributed by atoms with van der Waals surface area (Å²) in [4.78, 5) is 4.09. The van der Waals surface area contributed by atoms with Crippen molar-refractivity contribution in [3.63, 3.8) is 0 Å². The average molecular weight is 312 g/mol. The number of halogens is 1. The molecule has 7 heteroatoms. The molecule has 0 aliphatic carbocycles. The summed E-state index contributed by atoms with van der Waals surface area (Å²) in [5.74, 6) is 0.119. The van der Waals surface area contributed by atoms with Crippen LogP contribution in [0.1, 0.15) is 5.56 Å². The van der Waals surface area contributed by atoms with Crippen LogP contribution >= 0.6 is 11.6 Å². The standard InChI is InChI=1S/C13H14ClN3O2S/c1-15-9-10-4-2-5-11(8-10)20(18,19)17-13-12(14)6-3-7-16-13/h2-8,15H,9H2,1H3,(H,16,17). The molecule has 1 aromatic carbocycles. The molecule has 0 fully saturated rings. The highest BCUT2D eigenvalue weighted by Gasteiger charge is 2.16. The van der Waals surface area contributed by atoms with Crippen LogP contribution in [0.25, 0.3) is 0 Å². The molecular formula is C13H14ClN3O2S. The lowest BCUT2D eigenvalue weighted by Gasteiger charge is -2.09. The number of rotatable bonds is 5. The molecule has 0 unspecified atom stereocenters. The third kappa shape index (κ3) is 3.47. The normalized spacial score (nSPS) is 11.3. The van der Waals surface area contributed by atoms with Crippen molar-refractivity contribution in [2.24, 2.45) is 0 Å². The Balaban J connectivity index is 2.31. The fourth-order valence-electron chi connectivity index (χ4n) is 1.67. The van der Waals surface area contributed by atoms with Crippen molar-refractivity contribution in [1.29, 1.82) is 0 Å². The second-order valence-corrected chi connectivity index (χ2v) is 6.21. The summed E-state index contributed by atoms with van der Waals surface area (Å²) < 4.78 is 26.9. The van der Waals surface area contributed by atoms with Crippen molar-refractivity contribution in [2.45, 2.75) is 11.4 Å². The second-order valence-electron chi connectivity index (χ2n) is 4.12. The SMILES string of the molecule is CNCc1cccc(S(=O)(=O)Nc2ncccc2Cl)c1. The summed E-state index contributed by atoms with van der Waals surface area (Å²) in [6.45, 7) is 0.591. The zero-order valence-electron chi connectivity index (χ0n) is 10.8. The van der Waals surface area contributed by atoms with E-state index in [4.69, 9.17) is 11.6 Å². The van der Waals surface area contributed by atoms with Crippen LogP contribution in [0.15, 0.2) is 47.5 Å². The minimum atomic E-state index is -3.70. The Morgan fingerprint density at radius 2 is 2.05 bits per heavy atom. The van der Waals surface area contributed by atoms with Crippen molar-refractivity contribution in [1.82, 2.24) is 10.3 Å². The molecule has 0 amide bonds. The summed E-state index contributed by atoms with van der Waals surface area (Å²) >= 11 is 5.90.